The molecule has 2 atom stereocenters. The van der Waals surface area contributed by atoms with Crippen molar-refractivity contribution in [3.63, 3.8) is 0 Å². The van der Waals surface area contributed by atoms with E-state index in [4.69, 9.17) is 0 Å². The van der Waals surface area contributed by atoms with Crippen molar-refractivity contribution in [1.82, 2.24) is 0 Å². The van der Waals surface area contributed by atoms with E-state index in [2.05, 4.69) is 0 Å². The first-order chi connectivity index (χ1) is 15.0. The lowest BCUT2D eigenvalue weighted by atomic mass is 9.51. The maximum atomic E-state index is 14.6. The molecule has 0 radical (unpaired) electrons. The standard InChI is InChI=1S/C24H15FN2O4/c25-17-11-5-6-12-18(17)26-22(28)20-19-13-7-1-3-9-15(13)24(27(30)31,21(20)23(26)29)16-10-4-2-8-14(16)19/h1-12,19-21H/t19?,20-,21-,24?/m0/s1. The molecular formula is C24H15FN2O4. The van der Waals surface area contributed by atoms with E-state index in [1.165, 1.54) is 24.3 Å². The fourth-order valence-corrected chi connectivity index (χ4v) is 5.91. The van der Waals surface area contributed by atoms with Crippen molar-refractivity contribution in [3.05, 3.63) is 111 Å². The second-order valence-electron chi connectivity index (χ2n) is 8.14. The molecule has 4 aliphatic rings. The summed E-state index contributed by atoms with van der Waals surface area (Å²) >= 11 is 0. The van der Waals surface area contributed by atoms with E-state index in [0.29, 0.717) is 22.3 Å². The van der Waals surface area contributed by atoms with E-state index < -0.39 is 45.8 Å². The minimum atomic E-state index is -1.90. The van der Waals surface area contributed by atoms with Gasteiger partial charge in [0.1, 0.15) is 11.7 Å². The van der Waals surface area contributed by atoms with Gasteiger partial charge in [0.15, 0.2) is 0 Å². The van der Waals surface area contributed by atoms with Crippen molar-refractivity contribution in [2.75, 3.05) is 4.90 Å². The minimum absolute atomic E-state index is 0.169. The van der Waals surface area contributed by atoms with Crippen LogP contribution in [0.25, 0.3) is 0 Å². The smallest absolute Gasteiger partial charge is 0.274 e. The topological polar surface area (TPSA) is 80.5 Å². The normalized spacial score (nSPS) is 27.6. The monoisotopic (exact) mass is 414 g/mol. The Morgan fingerprint density at radius 1 is 0.839 bits per heavy atom. The lowest BCUT2D eigenvalue weighted by Gasteiger charge is -2.48. The summed E-state index contributed by atoms with van der Waals surface area (Å²) in [6, 6.07) is 19.4. The van der Waals surface area contributed by atoms with Crippen LogP contribution >= 0.6 is 0 Å². The van der Waals surface area contributed by atoms with Gasteiger partial charge in [-0.05, 0) is 23.3 Å². The fourth-order valence-electron chi connectivity index (χ4n) is 5.91. The number of para-hydroxylation sites is 1. The summed E-state index contributed by atoms with van der Waals surface area (Å²) in [5.41, 5.74) is 0.145. The van der Waals surface area contributed by atoms with Gasteiger partial charge in [-0.25, -0.2) is 9.29 Å². The molecule has 1 aliphatic heterocycles. The summed E-state index contributed by atoms with van der Waals surface area (Å²) in [6.45, 7) is 0. The lowest BCUT2D eigenvalue weighted by molar-refractivity contribution is -0.578. The first-order valence-corrected chi connectivity index (χ1v) is 9.95. The van der Waals surface area contributed by atoms with Gasteiger partial charge in [0.05, 0.1) is 11.6 Å². The van der Waals surface area contributed by atoms with E-state index in [1.54, 1.807) is 48.5 Å². The number of carbonyl (C=O) groups is 2. The molecule has 2 amide bonds. The third-order valence-corrected chi connectivity index (χ3v) is 6.95. The molecule has 0 unspecified atom stereocenters. The van der Waals surface area contributed by atoms with E-state index in [9.17, 15) is 24.1 Å². The third kappa shape index (κ3) is 1.92. The number of benzene rings is 3. The summed E-state index contributed by atoms with van der Waals surface area (Å²) in [6.07, 6.45) is 0. The Hall–Kier alpha value is -3.87. The molecule has 3 aromatic carbocycles. The van der Waals surface area contributed by atoms with Gasteiger partial charge in [-0.2, -0.15) is 0 Å². The molecule has 1 fully saturated rings. The molecular weight excluding hydrogens is 399 g/mol. The minimum Gasteiger partial charge on any atom is -0.274 e. The number of hydrogen-bond donors (Lipinski definition) is 0. The van der Waals surface area contributed by atoms with Gasteiger partial charge in [-0.1, -0.05) is 60.7 Å². The van der Waals surface area contributed by atoms with Crippen molar-refractivity contribution in [3.8, 4) is 0 Å². The maximum absolute atomic E-state index is 14.6. The number of anilines is 1. The Balaban J connectivity index is 1.69. The summed E-state index contributed by atoms with van der Waals surface area (Å²) in [5.74, 6) is -4.77. The van der Waals surface area contributed by atoms with Crippen LogP contribution in [0.5, 0.6) is 0 Å². The van der Waals surface area contributed by atoms with Gasteiger partial charge < -0.3 is 0 Å². The first-order valence-electron chi connectivity index (χ1n) is 9.95. The number of rotatable bonds is 2. The van der Waals surface area contributed by atoms with E-state index in [0.717, 1.165) is 4.90 Å². The zero-order chi connectivity index (χ0) is 21.5. The molecule has 0 N–H and O–H groups in total. The third-order valence-electron chi connectivity index (χ3n) is 6.95. The Bertz CT molecular complexity index is 1270. The number of nitro groups is 1. The van der Waals surface area contributed by atoms with Crippen molar-refractivity contribution in [1.29, 1.82) is 0 Å². The number of imide groups is 1. The number of nitrogens with zero attached hydrogens (tertiary/aromatic N) is 2. The number of halogens is 1. The molecule has 152 valence electrons. The second-order valence-corrected chi connectivity index (χ2v) is 8.14. The van der Waals surface area contributed by atoms with Gasteiger partial charge >= 0.3 is 0 Å². The van der Waals surface area contributed by atoms with Crippen molar-refractivity contribution < 1.29 is 18.9 Å². The van der Waals surface area contributed by atoms with Gasteiger partial charge in [0.25, 0.3) is 5.54 Å². The molecule has 0 saturated carbocycles. The predicted molar refractivity (Wildman–Crippen MR) is 108 cm³/mol. The predicted octanol–water partition coefficient (Wildman–Crippen LogP) is 3.61. The van der Waals surface area contributed by atoms with Gasteiger partial charge in [0.2, 0.25) is 11.8 Å². The van der Waals surface area contributed by atoms with Crippen LogP contribution < -0.4 is 4.90 Å². The summed E-state index contributed by atoms with van der Waals surface area (Å²) in [7, 11) is 0. The van der Waals surface area contributed by atoms with Crippen LogP contribution in [0.3, 0.4) is 0 Å². The average molecular weight is 414 g/mol. The number of hydrogen-bond acceptors (Lipinski definition) is 4. The van der Waals surface area contributed by atoms with Crippen molar-refractivity contribution in [2.45, 2.75) is 11.5 Å². The van der Waals surface area contributed by atoms with E-state index in [-0.39, 0.29) is 5.69 Å². The SMILES string of the molecule is O=C1[C@@H]2[C@@H](C(=O)N1c1ccccc1F)C1c3ccccc3C2([N+](=O)[O-])c2ccccc21. The van der Waals surface area contributed by atoms with Crippen LogP contribution in [0.2, 0.25) is 0 Å². The van der Waals surface area contributed by atoms with Gasteiger partial charge in [-0.3, -0.25) is 19.7 Å². The highest BCUT2D eigenvalue weighted by atomic mass is 19.1. The Morgan fingerprint density at radius 3 is 1.97 bits per heavy atom. The first kappa shape index (κ1) is 17.9. The molecule has 7 rings (SSSR count). The molecule has 6 nitrogen and oxygen atoms in total. The summed E-state index contributed by atoms with van der Waals surface area (Å²) < 4.78 is 14.6. The van der Waals surface area contributed by atoms with Crippen LogP contribution in [-0.4, -0.2) is 16.7 Å². The molecule has 7 heteroatoms. The Morgan fingerprint density at radius 2 is 1.39 bits per heavy atom. The van der Waals surface area contributed by atoms with Crippen LogP contribution in [0.15, 0.2) is 72.8 Å². The number of carbonyl (C=O) groups excluding carboxylic acids is 2. The zero-order valence-electron chi connectivity index (χ0n) is 16.1. The second kappa shape index (κ2) is 5.85. The highest BCUT2D eigenvalue weighted by molar-refractivity contribution is 6.23. The quantitative estimate of drug-likeness (QED) is 0.365. The molecule has 0 spiro atoms. The van der Waals surface area contributed by atoms with Crippen LogP contribution in [0.1, 0.15) is 28.2 Å². The van der Waals surface area contributed by atoms with Crippen LogP contribution in [0.4, 0.5) is 10.1 Å². The van der Waals surface area contributed by atoms with Crippen LogP contribution in [0, 0.1) is 27.8 Å². The van der Waals surface area contributed by atoms with Crippen LogP contribution in [-0.2, 0) is 15.1 Å². The molecule has 3 aromatic rings. The van der Waals surface area contributed by atoms with E-state index >= 15 is 0 Å². The molecule has 3 aliphatic carbocycles. The molecule has 31 heavy (non-hydrogen) atoms. The molecule has 0 aromatic heterocycles. The van der Waals surface area contributed by atoms with E-state index in [1.807, 2.05) is 0 Å². The Kier molecular flexibility index (Phi) is 3.38. The highest BCUT2D eigenvalue weighted by Gasteiger charge is 2.74. The highest BCUT2D eigenvalue weighted by Crippen LogP contribution is 2.64. The van der Waals surface area contributed by atoms with Crippen molar-refractivity contribution >= 4 is 17.5 Å². The maximum Gasteiger partial charge on any atom is 0.285 e. The zero-order valence-corrected chi connectivity index (χ0v) is 16.1. The molecule has 1 heterocycles. The molecule has 2 bridgehead atoms. The van der Waals surface area contributed by atoms with Gasteiger partial charge in [-0.15, -0.1) is 0 Å². The number of amides is 2. The largest absolute Gasteiger partial charge is 0.285 e. The molecule has 1 saturated heterocycles. The Labute approximate surface area is 176 Å². The average Bonchev–Trinajstić information content (AvgIpc) is 3.05. The van der Waals surface area contributed by atoms with Gasteiger partial charge in [0, 0.05) is 22.0 Å². The van der Waals surface area contributed by atoms with Crippen molar-refractivity contribution in [2.24, 2.45) is 11.8 Å². The summed E-state index contributed by atoms with van der Waals surface area (Å²) in [4.78, 5) is 40.4. The lowest BCUT2D eigenvalue weighted by Crippen LogP contribution is -2.57. The summed E-state index contributed by atoms with van der Waals surface area (Å²) in [5, 5.41) is 12.8. The fraction of sp³-hybridized carbons (Fsp3) is 0.167.